The number of rotatable bonds is 4. The Kier molecular flexibility index (Phi) is 4.07. The third-order valence-electron chi connectivity index (χ3n) is 3.22. The predicted molar refractivity (Wildman–Crippen MR) is 71.2 cm³/mol. The molecule has 4 heteroatoms. The Morgan fingerprint density at radius 2 is 2.22 bits per heavy atom. The van der Waals surface area contributed by atoms with Crippen molar-refractivity contribution in [3.8, 4) is 0 Å². The van der Waals surface area contributed by atoms with Gasteiger partial charge in [-0.15, -0.1) is 11.8 Å². The zero-order valence-corrected chi connectivity index (χ0v) is 11.1. The van der Waals surface area contributed by atoms with Gasteiger partial charge >= 0.3 is 5.97 Å². The lowest BCUT2D eigenvalue weighted by molar-refractivity contribution is -0.140. The van der Waals surface area contributed by atoms with E-state index in [9.17, 15) is 9.59 Å². The minimum absolute atomic E-state index is 0.275. The van der Waals surface area contributed by atoms with Gasteiger partial charge < -0.3 is 5.11 Å². The first-order valence-corrected chi connectivity index (χ1v) is 7.14. The minimum Gasteiger partial charge on any atom is -0.481 e. The summed E-state index contributed by atoms with van der Waals surface area (Å²) < 4.78 is 0. The number of Topliss-reactive ketones (excluding diaryl/α,β-unsaturated/α-hetero) is 1. The number of aryl methyl sites for hydroxylation is 1. The molecule has 1 aromatic rings. The van der Waals surface area contributed by atoms with Crippen LogP contribution in [0.2, 0.25) is 0 Å². The molecule has 0 fully saturated rings. The molecule has 0 aromatic heterocycles. The molecule has 3 nitrogen and oxygen atoms in total. The van der Waals surface area contributed by atoms with Gasteiger partial charge in [-0.2, -0.15) is 0 Å². The third kappa shape index (κ3) is 2.58. The second kappa shape index (κ2) is 5.57. The number of thioether (sulfide) groups is 1. The summed E-state index contributed by atoms with van der Waals surface area (Å²) in [6.45, 7) is 1.73. The van der Waals surface area contributed by atoms with Crippen molar-refractivity contribution in [2.24, 2.45) is 5.92 Å². The van der Waals surface area contributed by atoms with Gasteiger partial charge in [0.2, 0.25) is 0 Å². The summed E-state index contributed by atoms with van der Waals surface area (Å²) >= 11 is 1.80. The van der Waals surface area contributed by atoms with Crippen molar-refractivity contribution in [3.63, 3.8) is 0 Å². The quantitative estimate of drug-likeness (QED) is 0.671. The van der Waals surface area contributed by atoms with Crippen LogP contribution in [0.1, 0.15) is 35.7 Å². The molecular formula is C14H16O3S. The molecule has 1 atom stereocenters. The summed E-state index contributed by atoms with van der Waals surface area (Å²) in [4.78, 5) is 24.3. The van der Waals surface area contributed by atoms with E-state index in [0.29, 0.717) is 12.0 Å². The van der Waals surface area contributed by atoms with Crippen LogP contribution in [0.5, 0.6) is 0 Å². The average Bonchev–Trinajstić information content (AvgIpc) is 2.38. The number of carbonyl (C=O) groups excluding carboxylic acids is 1. The SMILES string of the molecule is CCC(C(=O)O)C(=O)c1ccc2c(c1)CCCS2. The van der Waals surface area contributed by atoms with Crippen LogP contribution in [-0.4, -0.2) is 22.6 Å². The maximum absolute atomic E-state index is 12.1. The summed E-state index contributed by atoms with van der Waals surface area (Å²) in [6.07, 6.45) is 2.43. The van der Waals surface area contributed by atoms with Crippen molar-refractivity contribution >= 4 is 23.5 Å². The molecule has 0 spiro atoms. The van der Waals surface area contributed by atoms with Gasteiger partial charge in [-0.05, 0) is 42.7 Å². The first kappa shape index (κ1) is 13.1. The standard InChI is InChI=1S/C14H16O3S/c1-2-11(14(16)17)13(15)10-5-6-12-9(8-10)4-3-7-18-12/h5-6,8,11H,2-4,7H2,1H3,(H,16,17). The maximum Gasteiger partial charge on any atom is 0.314 e. The predicted octanol–water partition coefficient (Wildman–Crippen LogP) is 3.02. The van der Waals surface area contributed by atoms with E-state index in [1.165, 1.54) is 10.5 Å². The first-order valence-electron chi connectivity index (χ1n) is 6.16. The van der Waals surface area contributed by atoms with Crippen molar-refractivity contribution in [1.82, 2.24) is 0 Å². The second-order valence-corrected chi connectivity index (χ2v) is 5.57. The monoisotopic (exact) mass is 264 g/mol. The molecule has 1 heterocycles. The molecule has 96 valence electrons. The lowest BCUT2D eigenvalue weighted by Crippen LogP contribution is -2.23. The van der Waals surface area contributed by atoms with Crippen molar-refractivity contribution in [1.29, 1.82) is 0 Å². The van der Waals surface area contributed by atoms with Gasteiger partial charge in [-0.3, -0.25) is 9.59 Å². The maximum atomic E-state index is 12.1. The van der Waals surface area contributed by atoms with Crippen LogP contribution in [0.25, 0.3) is 0 Å². The highest BCUT2D eigenvalue weighted by molar-refractivity contribution is 7.99. The molecule has 1 aromatic carbocycles. The first-order chi connectivity index (χ1) is 8.63. The van der Waals surface area contributed by atoms with E-state index in [1.54, 1.807) is 24.8 Å². The number of ketones is 1. The van der Waals surface area contributed by atoms with Crippen molar-refractivity contribution in [2.75, 3.05) is 5.75 Å². The largest absolute Gasteiger partial charge is 0.481 e. The van der Waals surface area contributed by atoms with Crippen molar-refractivity contribution in [2.45, 2.75) is 31.1 Å². The lowest BCUT2D eigenvalue weighted by Gasteiger charge is -2.16. The van der Waals surface area contributed by atoms with Gasteiger partial charge in [0.25, 0.3) is 0 Å². The van der Waals surface area contributed by atoms with Gasteiger partial charge in [0.15, 0.2) is 5.78 Å². The summed E-state index contributed by atoms with van der Waals surface area (Å²) in [5.41, 5.74) is 1.71. The van der Waals surface area contributed by atoms with Gasteiger partial charge in [0.1, 0.15) is 5.92 Å². The van der Waals surface area contributed by atoms with Crippen LogP contribution < -0.4 is 0 Å². The molecule has 1 unspecified atom stereocenters. The van der Waals surface area contributed by atoms with E-state index in [0.717, 1.165) is 18.6 Å². The Morgan fingerprint density at radius 3 is 2.89 bits per heavy atom. The van der Waals surface area contributed by atoms with E-state index < -0.39 is 11.9 Å². The summed E-state index contributed by atoms with van der Waals surface area (Å²) in [5.74, 6) is -1.11. The molecule has 18 heavy (non-hydrogen) atoms. The van der Waals surface area contributed by atoms with E-state index in [2.05, 4.69) is 0 Å². The fourth-order valence-electron chi connectivity index (χ4n) is 2.19. The minimum atomic E-state index is -1.03. The Balaban J connectivity index is 2.28. The fraction of sp³-hybridized carbons (Fsp3) is 0.429. The number of carbonyl (C=O) groups is 2. The van der Waals surface area contributed by atoms with E-state index in [-0.39, 0.29) is 5.78 Å². The molecule has 0 bridgehead atoms. The zero-order valence-electron chi connectivity index (χ0n) is 10.3. The van der Waals surface area contributed by atoms with Gasteiger partial charge in [-0.25, -0.2) is 0 Å². The average molecular weight is 264 g/mol. The second-order valence-electron chi connectivity index (χ2n) is 4.44. The number of carboxylic acids is 1. The Labute approximate surface area is 111 Å². The summed E-state index contributed by atoms with van der Waals surface area (Å²) in [5, 5.41) is 9.02. The van der Waals surface area contributed by atoms with Crippen LogP contribution in [-0.2, 0) is 11.2 Å². The lowest BCUT2D eigenvalue weighted by atomic mass is 9.93. The Hall–Kier alpha value is -1.29. The summed E-state index contributed by atoms with van der Waals surface area (Å²) in [7, 11) is 0. The Morgan fingerprint density at radius 1 is 1.44 bits per heavy atom. The van der Waals surface area contributed by atoms with Crippen molar-refractivity contribution < 1.29 is 14.7 Å². The van der Waals surface area contributed by atoms with Crippen LogP contribution >= 0.6 is 11.8 Å². The zero-order chi connectivity index (χ0) is 13.1. The van der Waals surface area contributed by atoms with E-state index in [1.807, 2.05) is 12.1 Å². The molecule has 0 saturated heterocycles. The van der Waals surface area contributed by atoms with Gasteiger partial charge in [0.05, 0.1) is 0 Å². The highest BCUT2D eigenvalue weighted by Crippen LogP contribution is 2.31. The highest BCUT2D eigenvalue weighted by Gasteiger charge is 2.26. The number of benzene rings is 1. The molecule has 0 amide bonds. The number of fused-ring (bicyclic) bond motifs is 1. The van der Waals surface area contributed by atoms with E-state index >= 15 is 0 Å². The fourth-order valence-corrected chi connectivity index (χ4v) is 3.21. The third-order valence-corrected chi connectivity index (χ3v) is 4.42. The molecule has 0 aliphatic carbocycles. The summed E-state index contributed by atoms with van der Waals surface area (Å²) in [6, 6.07) is 5.57. The topological polar surface area (TPSA) is 54.4 Å². The van der Waals surface area contributed by atoms with Crippen LogP contribution in [0.4, 0.5) is 0 Å². The number of carboxylic acid groups (broad SMARTS) is 1. The molecule has 1 N–H and O–H groups in total. The van der Waals surface area contributed by atoms with E-state index in [4.69, 9.17) is 5.11 Å². The molecule has 1 aliphatic rings. The number of aliphatic carboxylic acids is 1. The molecule has 1 aliphatic heterocycles. The van der Waals surface area contributed by atoms with Crippen LogP contribution in [0.3, 0.4) is 0 Å². The normalized spacial score (nSPS) is 15.8. The molecule has 0 radical (unpaired) electrons. The van der Waals surface area contributed by atoms with Crippen LogP contribution in [0, 0.1) is 5.92 Å². The van der Waals surface area contributed by atoms with Gasteiger partial charge in [0, 0.05) is 10.5 Å². The van der Waals surface area contributed by atoms with Crippen molar-refractivity contribution in [3.05, 3.63) is 29.3 Å². The highest BCUT2D eigenvalue weighted by atomic mass is 32.2. The van der Waals surface area contributed by atoms with Gasteiger partial charge in [-0.1, -0.05) is 13.0 Å². The molecule has 0 saturated carbocycles. The molecular weight excluding hydrogens is 248 g/mol. The number of hydrogen-bond acceptors (Lipinski definition) is 3. The molecule has 2 rings (SSSR count). The smallest absolute Gasteiger partial charge is 0.314 e. The number of hydrogen-bond donors (Lipinski definition) is 1. The van der Waals surface area contributed by atoms with Crippen LogP contribution in [0.15, 0.2) is 23.1 Å². The Bertz CT molecular complexity index is 482.